The molecule has 1 heterocycles. The SMILES string of the molecule is CCOc1ccc(C(=O)CSc2n[nH]c(CC3CCCC3)n2)cc1. The van der Waals surface area contributed by atoms with E-state index in [4.69, 9.17) is 4.74 Å². The average Bonchev–Trinajstić information content (AvgIpc) is 3.26. The van der Waals surface area contributed by atoms with Crippen LogP contribution in [0.5, 0.6) is 5.75 Å². The smallest absolute Gasteiger partial charge is 0.208 e. The number of aromatic amines is 1. The van der Waals surface area contributed by atoms with Crippen molar-refractivity contribution in [3.8, 4) is 5.75 Å². The number of carbonyl (C=O) groups excluding carboxylic acids is 1. The zero-order valence-electron chi connectivity index (χ0n) is 14.0. The molecule has 1 aromatic heterocycles. The van der Waals surface area contributed by atoms with Gasteiger partial charge in [-0.15, -0.1) is 5.10 Å². The first-order chi connectivity index (χ1) is 11.7. The van der Waals surface area contributed by atoms with Crippen LogP contribution >= 0.6 is 11.8 Å². The van der Waals surface area contributed by atoms with Crippen molar-refractivity contribution in [3.05, 3.63) is 35.7 Å². The number of hydrogen-bond acceptors (Lipinski definition) is 5. The number of thioether (sulfide) groups is 1. The summed E-state index contributed by atoms with van der Waals surface area (Å²) in [5, 5.41) is 7.88. The highest BCUT2D eigenvalue weighted by Gasteiger charge is 2.17. The second-order valence-electron chi connectivity index (χ2n) is 6.09. The Kier molecular flexibility index (Phi) is 5.91. The van der Waals surface area contributed by atoms with Gasteiger partial charge in [0.2, 0.25) is 5.16 Å². The van der Waals surface area contributed by atoms with E-state index in [9.17, 15) is 4.79 Å². The van der Waals surface area contributed by atoms with Crippen LogP contribution in [0.1, 0.15) is 48.8 Å². The van der Waals surface area contributed by atoms with Crippen LogP contribution in [-0.4, -0.2) is 33.3 Å². The fourth-order valence-electron chi connectivity index (χ4n) is 3.04. The van der Waals surface area contributed by atoms with Gasteiger partial charge in [0, 0.05) is 12.0 Å². The van der Waals surface area contributed by atoms with E-state index in [2.05, 4.69) is 15.2 Å². The molecular formula is C18H23N3O2S. The number of H-pyrrole nitrogens is 1. The molecule has 5 nitrogen and oxygen atoms in total. The standard InChI is InChI=1S/C18H23N3O2S/c1-2-23-15-9-7-14(8-10-15)16(22)12-24-18-19-17(20-21-18)11-13-5-3-4-6-13/h7-10,13H,2-6,11-12H2,1H3,(H,19,20,21). The second-order valence-corrected chi connectivity index (χ2v) is 7.03. The van der Waals surface area contributed by atoms with Crippen molar-refractivity contribution >= 4 is 17.5 Å². The molecule has 1 N–H and O–H groups in total. The molecule has 6 heteroatoms. The van der Waals surface area contributed by atoms with Crippen molar-refractivity contribution < 1.29 is 9.53 Å². The van der Waals surface area contributed by atoms with E-state index < -0.39 is 0 Å². The molecule has 128 valence electrons. The van der Waals surface area contributed by atoms with Gasteiger partial charge in [-0.3, -0.25) is 9.89 Å². The van der Waals surface area contributed by atoms with Crippen LogP contribution in [0.15, 0.2) is 29.4 Å². The predicted octanol–water partition coefficient (Wildman–Crippen LogP) is 3.91. The molecule has 2 aromatic rings. The summed E-state index contributed by atoms with van der Waals surface area (Å²) in [6, 6.07) is 7.26. The van der Waals surface area contributed by atoms with Crippen molar-refractivity contribution in [1.29, 1.82) is 0 Å². The zero-order valence-corrected chi connectivity index (χ0v) is 14.8. The molecule has 1 aliphatic rings. The third kappa shape index (κ3) is 4.60. The van der Waals surface area contributed by atoms with Crippen LogP contribution in [0.2, 0.25) is 0 Å². The molecule has 1 aromatic carbocycles. The van der Waals surface area contributed by atoms with Gasteiger partial charge in [-0.25, -0.2) is 4.98 Å². The molecule has 0 spiro atoms. The first-order valence-electron chi connectivity index (χ1n) is 8.54. The fourth-order valence-corrected chi connectivity index (χ4v) is 3.75. The third-order valence-corrected chi connectivity index (χ3v) is 5.13. The Morgan fingerprint density at radius 3 is 2.75 bits per heavy atom. The maximum absolute atomic E-state index is 12.2. The molecule has 0 amide bonds. The number of ether oxygens (including phenoxy) is 1. The van der Waals surface area contributed by atoms with Gasteiger partial charge in [-0.1, -0.05) is 37.4 Å². The Bertz CT molecular complexity index is 663. The van der Waals surface area contributed by atoms with E-state index in [-0.39, 0.29) is 5.78 Å². The highest BCUT2D eigenvalue weighted by molar-refractivity contribution is 7.99. The molecule has 0 saturated heterocycles. The van der Waals surface area contributed by atoms with Crippen molar-refractivity contribution in [2.75, 3.05) is 12.4 Å². The van der Waals surface area contributed by atoms with Gasteiger partial charge >= 0.3 is 0 Å². The minimum Gasteiger partial charge on any atom is -0.494 e. The molecule has 1 fully saturated rings. The zero-order chi connectivity index (χ0) is 16.8. The lowest BCUT2D eigenvalue weighted by Crippen LogP contribution is -2.03. The number of hydrogen-bond donors (Lipinski definition) is 1. The van der Waals surface area contributed by atoms with Crippen molar-refractivity contribution in [1.82, 2.24) is 15.2 Å². The van der Waals surface area contributed by atoms with Gasteiger partial charge < -0.3 is 4.74 Å². The maximum atomic E-state index is 12.2. The van der Waals surface area contributed by atoms with Crippen LogP contribution in [0.25, 0.3) is 0 Å². The third-order valence-electron chi connectivity index (χ3n) is 4.29. The molecule has 0 radical (unpaired) electrons. The van der Waals surface area contributed by atoms with Crippen LogP contribution in [-0.2, 0) is 6.42 Å². The minimum absolute atomic E-state index is 0.0743. The first kappa shape index (κ1) is 17.0. The van der Waals surface area contributed by atoms with E-state index in [1.807, 2.05) is 19.1 Å². The number of Topliss-reactive ketones (excluding diaryl/α,β-unsaturated/α-hetero) is 1. The Balaban J connectivity index is 1.49. The van der Waals surface area contributed by atoms with Gasteiger partial charge in [-0.2, -0.15) is 0 Å². The number of nitrogens with one attached hydrogen (secondary N) is 1. The topological polar surface area (TPSA) is 67.9 Å². The van der Waals surface area contributed by atoms with Crippen LogP contribution in [0, 0.1) is 5.92 Å². The Morgan fingerprint density at radius 2 is 2.04 bits per heavy atom. The molecule has 3 rings (SSSR count). The summed E-state index contributed by atoms with van der Waals surface area (Å²) in [6.07, 6.45) is 6.22. The summed E-state index contributed by atoms with van der Waals surface area (Å²) in [5.74, 6) is 2.88. The lowest BCUT2D eigenvalue weighted by atomic mass is 10.0. The van der Waals surface area contributed by atoms with E-state index in [0.29, 0.717) is 23.1 Å². The Labute approximate surface area is 146 Å². The number of rotatable bonds is 8. The van der Waals surface area contributed by atoms with E-state index in [1.54, 1.807) is 12.1 Å². The molecule has 1 aliphatic carbocycles. The van der Waals surface area contributed by atoms with E-state index in [1.165, 1.54) is 37.4 Å². The molecule has 1 saturated carbocycles. The molecule has 0 atom stereocenters. The van der Waals surface area contributed by atoms with Crippen molar-refractivity contribution in [2.45, 2.75) is 44.2 Å². The van der Waals surface area contributed by atoms with Gasteiger partial charge in [0.05, 0.1) is 12.4 Å². The lowest BCUT2D eigenvalue weighted by Gasteiger charge is -2.04. The number of nitrogens with zero attached hydrogens (tertiary/aromatic N) is 2. The van der Waals surface area contributed by atoms with Crippen LogP contribution in [0.3, 0.4) is 0 Å². The largest absolute Gasteiger partial charge is 0.494 e. The van der Waals surface area contributed by atoms with E-state index >= 15 is 0 Å². The van der Waals surface area contributed by atoms with E-state index in [0.717, 1.165) is 23.9 Å². The summed E-state index contributed by atoms with van der Waals surface area (Å²) in [7, 11) is 0. The summed E-state index contributed by atoms with van der Waals surface area (Å²) < 4.78 is 5.39. The normalized spacial score (nSPS) is 14.9. The van der Waals surface area contributed by atoms with Crippen LogP contribution < -0.4 is 4.74 Å². The average molecular weight is 345 g/mol. The molecule has 0 unspecified atom stereocenters. The molecule has 0 bridgehead atoms. The first-order valence-corrected chi connectivity index (χ1v) is 9.53. The number of benzene rings is 1. The highest BCUT2D eigenvalue weighted by atomic mass is 32.2. The highest BCUT2D eigenvalue weighted by Crippen LogP contribution is 2.27. The summed E-state index contributed by atoms with van der Waals surface area (Å²) in [5.41, 5.74) is 0.688. The Morgan fingerprint density at radius 1 is 1.29 bits per heavy atom. The van der Waals surface area contributed by atoms with Gasteiger partial charge in [-0.05, 0) is 37.1 Å². The van der Waals surface area contributed by atoms with Gasteiger partial charge in [0.25, 0.3) is 0 Å². The van der Waals surface area contributed by atoms with Gasteiger partial charge in [0.1, 0.15) is 11.6 Å². The molecule has 0 aliphatic heterocycles. The molecular weight excluding hydrogens is 322 g/mol. The summed E-state index contributed by atoms with van der Waals surface area (Å²) >= 11 is 1.38. The lowest BCUT2D eigenvalue weighted by molar-refractivity contribution is 0.102. The monoisotopic (exact) mass is 345 g/mol. The number of aromatic nitrogens is 3. The molecule has 24 heavy (non-hydrogen) atoms. The van der Waals surface area contributed by atoms with Crippen molar-refractivity contribution in [3.63, 3.8) is 0 Å². The number of carbonyl (C=O) groups is 1. The maximum Gasteiger partial charge on any atom is 0.208 e. The summed E-state index contributed by atoms with van der Waals surface area (Å²) in [4.78, 5) is 16.7. The second kappa shape index (κ2) is 8.33. The quantitative estimate of drug-likeness (QED) is 0.580. The van der Waals surface area contributed by atoms with Crippen LogP contribution in [0.4, 0.5) is 0 Å². The van der Waals surface area contributed by atoms with Crippen molar-refractivity contribution in [2.24, 2.45) is 5.92 Å². The Hall–Kier alpha value is -1.82. The minimum atomic E-state index is 0.0743. The summed E-state index contributed by atoms with van der Waals surface area (Å²) in [6.45, 7) is 2.56. The predicted molar refractivity (Wildman–Crippen MR) is 94.7 cm³/mol. The number of ketones is 1. The van der Waals surface area contributed by atoms with Gasteiger partial charge in [0.15, 0.2) is 5.78 Å². The fraction of sp³-hybridized carbons (Fsp3) is 0.500.